The second-order valence-corrected chi connectivity index (χ2v) is 7.14. The van der Waals surface area contributed by atoms with E-state index in [0.29, 0.717) is 12.5 Å². The van der Waals surface area contributed by atoms with E-state index in [1.165, 1.54) is 25.6 Å². The van der Waals surface area contributed by atoms with Crippen LogP contribution in [-0.2, 0) is 11.2 Å². The lowest BCUT2D eigenvalue weighted by Gasteiger charge is -2.55. The monoisotopic (exact) mass is 274 g/mol. The van der Waals surface area contributed by atoms with Crippen LogP contribution in [0.15, 0.2) is 6.33 Å². The number of hydrogen-bond donors (Lipinski definition) is 2. The Kier molecular flexibility index (Phi) is 2.82. The molecule has 4 aliphatic rings. The van der Waals surface area contributed by atoms with Gasteiger partial charge in [0.25, 0.3) is 0 Å². The molecule has 4 aliphatic carbocycles. The summed E-state index contributed by atoms with van der Waals surface area (Å²) in [6.07, 6.45) is 9.78. The van der Waals surface area contributed by atoms with Crippen molar-refractivity contribution in [3.63, 3.8) is 0 Å². The van der Waals surface area contributed by atoms with E-state index in [2.05, 4.69) is 20.5 Å². The summed E-state index contributed by atoms with van der Waals surface area (Å²) in [7, 11) is 0. The molecular formula is C15H22N4O. The Morgan fingerprint density at radius 1 is 1.25 bits per heavy atom. The van der Waals surface area contributed by atoms with Crippen LogP contribution in [0.4, 0.5) is 0 Å². The van der Waals surface area contributed by atoms with Crippen molar-refractivity contribution >= 4 is 5.91 Å². The molecule has 0 aliphatic heterocycles. The number of H-pyrrole nitrogens is 1. The minimum Gasteiger partial charge on any atom is -0.355 e. The SMILES string of the molecule is O=C(NCCc1ncn[nH]1)C12CC3CC(CC(C3)C1)C2. The Bertz CT molecular complexity index is 461. The van der Waals surface area contributed by atoms with Gasteiger partial charge in [0.15, 0.2) is 0 Å². The summed E-state index contributed by atoms with van der Waals surface area (Å²) in [6.45, 7) is 0.662. The summed E-state index contributed by atoms with van der Waals surface area (Å²) in [4.78, 5) is 16.8. The largest absolute Gasteiger partial charge is 0.355 e. The van der Waals surface area contributed by atoms with Crippen LogP contribution in [0.25, 0.3) is 0 Å². The maximum absolute atomic E-state index is 12.7. The van der Waals surface area contributed by atoms with Gasteiger partial charge >= 0.3 is 0 Å². The molecule has 20 heavy (non-hydrogen) atoms. The second-order valence-electron chi connectivity index (χ2n) is 7.14. The average molecular weight is 274 g/mol. The number of carbonyl (C=O) groups is 1. The number of nitrogens with zero attached hydrogens (tertiary/aromatic N) is 2. The van der Waals surface area contributed by atoms with E-state index in [-0.39, 0.29) is 5.41 Å². The summed E-state index contributed by atoms with van der Waals surface area (Å²) in [5.74, 6) is 3.61. The molecule has 4 bridgehead atoms. The van der Waals surface area contributed by atoms with Gasteiger partial charge in [0, 0.05) is 18.4 Å². The number of aromatic nitrogens is 3. The number of rotatable bonds is 4. The van der Waals surface area contributed by atoms with Crippen molar-refractivity contribution in [1.29, 1.82) is 0 Å². The molecule has 1 heterocycles. The summed E-state index contributed by atoms with van der Waals surface area (Å²) in [6, 6.07) is 0. The van der Waals surface area contributed by atoms with Crippen LogP contribution in [0.2, 0.25) is 0 Å². The van der Waals surface area contributed by atoms with Gasteiger partial charge in [-0.05, 0) is 56.3 Å². The molecule has 1 aromatic heterocycles. The van der Waals surface area contributed by atoms with Crippen molar-refractivity contribution in [2.24, 2.45) is 23.2 Å². The highest BCUT2D eigenvalue weighted by Crippen LogP contribution is 2.60. The Balaban J connectivity index is 1.38. The summed E-state index contributed by atoms with van der Waals surface area (Å²) in [5, 5.41) is 9.81. The molecule has 5 heteroatoms. The molecule has 0 unspecified atom stereocenters. The fraction of sp³-hybridized carbons (Fsp3) is 0.800. The molecular weight excluding hydrogens is 252 g/mol. The average Bonchev–Trinajstić information content (AvgIpc) is 2.90. The summed E-state index contributed by atoms with van der Waals surface area (Å²) < 4.78 is 0. The normalized spacial score (nSPS) is 38.1. The quantitative estimate of drug-likeness (QED) is 0.877. The van der Waals surface area contributed by atoms with Gasteiger partial charge in [0.2, 0.25) is 5.91 Å². The molecule has 0 radical (unpaired) electrons. The number of amides is 1. The van der Waals surface area contributed by atoms with Crippen molar-refractivity contribution in [2.45, 2.75) is 44.9 Å². The molecule has 0 aromatic carbocycles. The molecule has 0 saturated heterocycles. The Morgan fingerprint density at radius 3 is 2.45 bits per heavy atom. The van der Waals surface area contributed by atoms with Gasteiger partial charge in [-0.25, -0.2) is 4.98 Å². The fourth-order valence-electron chi connectivity index (χ4n) is 5.22. The molecule has 5 nitrogen and oxygen atoms in total. The van der Waals surface area contributed by atoms with Gasteiger partial charge in [-0.1, -0.05) is 0 Å². The van der Waals surface area contributed by atoms with Gasteiger partial charge in [-0.2, -0.15) is 5.10 Å². The summed E-state index contributed by atoms with van der Waals surface area (Å²) >= 11 is 0. The zero-order chi connectivity index (χ0) is 13.6. The molecule has 4 saturated carbocycles. The first kappa shape index (κ1) is 12.4. The molecule has 0 atom stereocenters. The molecule has 108 valence electrons. The highest BCUT2D eigenvalue weighted by Gasteiger charge is 2.54. The second kappa shape index (κ2) is 4.57. The molecule has 1 amide bonds. The topological polar surface area (TPSA) is 70.7 Å². The van der Waals surface area contributed by atoms with E-state index in [1.807, 2.05) is 0 Å². The Morgan fingerprint density at radius 2 is 1.90 bits per heavy atom. The van der Waals surface area contributed by atoms with Crippen LogP contribution in [0.1, 0.15) is 44.3 Å². The molecule has 5 rings (SSSR count). The van der Waals surface area contributed by atoms with Crippen LogP contribution in [0, 0.1) is 23.2 Å². The highest BCUT2D eigenvalue weighted by atomic mass is 16.2. The lowest BCUT2D eigenvalue weighted by atomic mass is 9.49. The predicted octanol–water partition coefficient (Wildman–Crippen LogP) is 1.68. The van der Waals surface area contributed by atoms with E-state index < -0.39 is 0 Å². The zero-order valence-electron chi connectivity index (χ0n) is 11.8. The van der Waals surface area contributed by atoms with Crippen LogP contribution in [0.3, 0.4) is 0 Å². The fourth-order valence-corrected chi connectivity index (χ4v) is 5.22. The Labute approximate surface area is 118 Å². The number of nitrogens with one attached hydrogen (secondary N) is 2. The van der Waals surface area contributed by atoms with Crippen LogP contribution in [0.5, 0.6) is 0 Å². The van der Waals surface area contributed by atoms with E-state index in [1.54, 1.807) is 0 Å². The third-order valence-electron chi connectivity index (χ3n) is 5.63. The van der Waals surface area contributed by atoms with Crippen LogP contribution < -0.4 is 5.32 Å². The molecule has 0 spiro atoms. The van der Waals surface area contributed by atoms with E-state index in [0.717, 1.165) is 49.3 Å². The molecule has 4 fully saturated rings. The van der Waals surface area contributed by atoms with E-state index in [4.69, 9.17) is 0 Å². The first-order chi connectivity index (χ1) is 9.73. The first-order valence-electron chi connectivity index (χ1n) is 7.86. The smallest absolute Gasteiger partial charge is 0.226 e. The van der Waals surface area contributed by atoms with Gasteiger partial charge in [-0.15, -0.1) is 0 Å². The lowest BCUT2D eigenvalue weighted by Crippen LogP contribution is -2.53. The maximum atomic E-state index is 12.7. The van der Waals surface area contributed by atoms with Crippen molar-refractivity contribution < 1.29 is 4.79 Å². The van der Waals surface area contributed by atoms with Gasteiger partial charge < -0.3 is 5.32 Å². The predicted molar refractivity (Wildman–Crippen MR) is 73.7 cm³/mol. The number of aromatic amines is 1. The molecule has 1 aromatic rings. The first-order valence-corrected chi connectivity index (χ1v) is 7.86. The van der Waals surface area contributed by atoms with Crippen LogP contribution >= 0.6 is 0 Å². The van der Waals surface area contributed by atoms with E-state index in [9.17, 15) is 4.79 Å². The van der Waals surface area contributed by atoms with Crippen molar-refractivity contribution in [1.82, 2.24) is 20.5 Å². The zero-order valence-corrected chi connectivity index (χ0v) is 11.8. The maximum Gasteiger partial charge on any atom is 0.226 e. The summed E-state index contributed by atoms with van der Waals surface area (Å²) in [5.41, 5.74) is -0.0316. The molecule has 2 N–H and O–H groups in total. The van der Waals surface area contributed by atoms with Crippen molar-refractivity contribution in [3.8, 4) is 0 Å². The lowest BCUT2D eigenvalue weighted by molar-refractivity contribution is -0.146. The standard InChI is InChI=1S/C15H22N4O/c20-14(16-2-1-13-17-9-18-19-13)15-6-10-3-11(7-15)5-12(4-10)8-15/h9-12H,1-8H2,(H,16,20)(H,17,18,19). The van der Waals surface area contributed by atoms with Crippen molar-refractivity contribution in [3.05, 3.63) is 12.2 Å². The number of carbonyl (C=O) groups excluding carboxylic acids is 1. The van der Waals surface area contributed by atoms with Gasteiger partial charge in [0.1, 0.15) is 12.2 Å². The van der Waals surface area contributed by atoms with E-state index >= 15 is 0 Å². The van der Waals surface area contributed by atoms with Crippen LogP contribution in [-0.4, -0.2) is 27.6 Å². The van der Waals surface area contributed by atoms with Crippen molar-refractivity contribution in [2.75, 3.05) is 6.54 Å². The van der Waals surface area contributed by atoms with Gasteiger partial charge in [-0.3, -0.25) is 9.89 Å². The highest BCUT2D eigenvalue weighted by molar-refractivity contribution is 5.83. The third kappa shape index (κ3) is 2.03. The van der Waals surface area contributed by atoms with Gasteiger partial charge in [0.05, 0.1) is 0 Å². The third-order valence-corrected chi connectivity index (χ3v) is 5.63. The minimum atomic E-state index is -0.0316. The minimum absolute atomic E-state index is 0.0316. The number of hydrogen-bond acceptors (Lipinski definition) is 3. The Hall–Kier alpha value is -1.39.